The SMILES string of the molecule is COc1ccccc1CC(CCl)CCc1scnc1C. The van der Waals surface area contributed by atoms with Crippen molar-refractivity contribution >= 4 is 22.9 Å². The highest BCUT2D eigenvalue weighted by atomic mass is 35.5. The largest absolute Gasteiger partial charge is 0.496 e. The fourth-order valence-corrected chi connectivity index (χ4v) is 3.38. The molecule has 20 heavy (non-hydrogen) atoms. The van der Waals surface area contributed by atoms with Crippen molar-refractivity contribution in [2.24, 2.45) is 5.92 Å². The summed E-state index contributed by atoms with van der Waals surface area (Å²) in [6.07, 6.45) is 3.11. The van der Waals surface area contributed by atoms with Gasteiger partial charge in [0.25, 0.3) is 0 Å². The van der Waals surface area contributed by atoms with Gasteiger partial charge in [-0.3, -0.25) is 0 Å². The summed E-state index contributed by atoms with van der Waals surface area (Å²) in [6, 6.07) is 8.18. The van der Waals surface area contributed by atoms with Crippen molar-refractivity contribution in [3.05, 3.63) is 45.9 Å². The molecule has 2 rings (SSSR count). The van der Waals surface area contributed by atoms with E-state index in [2.05, 4.69) is 24.0 Å². The molecule has 1 unspecified atom stereocenters. The Morgan fingerprint density at radius 3 is 2.80 bits per heavy atom. The molecule has 0 amide bonds. The van der Waals surface area contributed by atoms with E-state index in [1.807, 2.05) is 17.6 Å². The summed E-state index contributed by atoms with van der Waals surface area (Å²) in [5.74, 6) is 2.10. The first-order valence-corrected chi connectivity index (χ1v) is 8.22. The molecular formula is C16H20ClNOS. The highest BCUT2D eigenvalue weighted by molar-refractivity contribution is 7.09. The lowest BCUT2D eigenvalue weighted by Gasteiger charge is -2.15. The number of aryl methyl sites for hydroxylation is 2. The third kappa shape index (κ3) is 3.97. The number of halogens is 1. The summed E-state index contributed by atoms with van der Waals surface area (Å²) in [6.45, 7) is 2.07. The van der Waals surface area contributed by atoms with Gasteiger partial charge in [-0.15, -0.1) is 22.9 Å². The maximum Gasteiger partial charge on any atom is 0.122 e. The minimum Gasteiger partial charge on any atom is -0.496 e. The second kappa shape index (κ2) is 7.65. The molecule has 0 fully saturated rings. The van der Waals surface area contributed by atoms with Crippen LogP contribution in [0.5, 0.6) is 5.75 Å². The molecule has 0 aliphatic rings. The molecule has 0 aliphatic heterocycles. The second-order valence-electron chi connectivity index (χ2n) is 4.94. The van der Waals surface area contributed by atoms with Gasteiger partial charge in [-0.1, -0.05) is 18.2 Å². The molecule has 1 atom stereocenters. The van der Waals surface area contributed by atoms with E-state index in [0.717, 1.165) is 30.7 Å². The van der Waals surface area contributed by atoms with Crippen LogP contribution in [0.3, 0.4) is 0 Å². The Morgan fingerprint density at radius 2 is 2.15 bits per heavy atom. The van der Waals surface area contributed by atoms with Crippen LogP contribution in [-0.4, -0.2) is 18.0 Å². The van der Waals surface area contributed by atoms with E-state index in [-0.39, 0.29) is 0 Å². The zero-order valence-corrected chi connectivity index (χ0v) is 13.5. The Morgan fingerprint density at radius 1 is 1.35 bits per heavy atom. The predicted octanol–water partition coefficient (Wildman–Crippen LogP) is 4.49. The fourth-order valence-electron chi connectivity index (χ4n) is 2.32. The molecular weight excluding hydrogens is 290 g/mol. The topological polar surface area (TPSA) is 22.1 Å². The van der Waals surface area contributed by atoms with Crippen molar-refractivity contribution in [3.63, 3.8) is 0 Å². The number of thiazole rings is 1. The molecule has 0 aliphatic carbocycles. The lowest BCUT2D eigenvalue weighted by atomic mass is 9.95. The number of benzene rings is 1. The van der Waals surface area contributed by atoms with Crippen molar-refractivity contribution < 1.29 is 4.74 Å². The smallest absolute Gasteiger partial charge is 0.122 e. The van der Waals surface area contributed by atoms with E-state index in [1.54, 1.807) is 18.4 Å². The van der Waals surface area contributed by atoms with Crippen LogP contribution in [0.1, 0.15) is 22.6 Å². The monoisotopic (exact) mass is 309 g/mol. The second-order valence-corrected chi connectivity index (χ2v) is 6.18. The van der Waals surface area contributed by atoms with Gasteiger partial charge in [-0.05, 0) is 43.7 Å². The van der Waals surface area contributed by atoms with Crippen molar-refractivity contribution in [2.75, 3.05) is 13.0 Å². The van der Waals surface area contributed by atoms with Gasteiger partial charge in [-0.2, -0.15) is 0 Å². The molecule has 2 aromatic rings. The standard InChI is InChI=1S/C16H20ClNOS/c1-12-16(20-11-18-12)8-7-13(10-17)9-14-5-3-4-6-15(14)19-2/h3-6,11,13H,7-10H2,1-2H3. The molecule has 0 bridgehead atoms. The van der Waals surface area contributed by atoms with E-state index in [0.29, 0.717) is 11.8 Å². The summed E-state index contributed by atoms with van der Waals surface area (Å²) in [7, 11) is 1.72. The highest BCUT2D eigenvalue weighted by Gasteiger charge is 2.13. The molecule has 0 saturated carbocycles. The average Bonchev–Trinajstić information content (AvgIpc) is 2.89. The summed E-state index contributed by atoms with van der Waals surface area (Å²) in [4.78, 5) is 5.67. The first kappa shape index (κ1) is 15.3. The van der Waals surface area contributed by atoms with Crippen LogP contribution in [-0.2, 0) is 12.8 Å². The minimum atomic E-state index is 0.467. The predicted molar refractivity (Wildman–Crippen MR) is 86.1 cm³/mol. The highest BCUT2D eigenvalue weighted by Crippen LogP contribution is 2.25. The quantitative estimate of drug-likeness (QED) is 0.703. The zero-order chi connectivity index (χ0) is 14.4. The number of hydrogen-bond acceptors (Lipinski definition) is 3. The van der Waals surface area contributed by atoms with Gasteiger partial charge in [0, 0.05) is 10.8 Å². The fraction of sp³-hybridized carbons (Fsp3) is 0.438. The third-order valence-electron chi connectivity index (χ3n) is 3.54. The number of alkyl halides is 1. The molecule has 0 saturated heterocycles. The van der Waals surface area contributed by atoms with Crippen molar-refractivity contribution in [1.29, 1.82) is 0 Å². The Bertz CT molecular complexity index is 541. The van der Waals surface area contributed by atoms with Gasteiger partial charge in [0.2, 0.25) is 0 Å². The molecule has 2 nitrogen and oxygen atoms in total. The van der Waals surface area contributed by atoms with E-state index >= 15 is 0 Å². The lowest BCUT2D eigenvalue weighted by Crippen LogP contribution is -2.09. The van der Waals surface area contributed by atoms with Crippen LogP contribution in [0, 0.1) is 12.8 Å². The van der Waals surface area contributed by atoms with Crippen LogP contribution < -0.4 is 4.74 Å². The normalized spacial score (nSPS) is 12.3. The van der Waals surface area contributed by atoms with Crippen LogP contribution in [0.2, 0.25) is 0 Å². The number of ether oxygens (including phenoxy) is 1. The summed E-state index contributed by atoms with van der Waals surface area (Å²) >= 11 is 7.88. The van der Waals surface area contributed by atoms with Crippen LogP contribution in [0.4, 0.5) is 0 Å². The first-order chi connectivity index (χ1) is 9.74. The molecule has 1 aromatic heterocycles. The number of methoxy groups -OCH3 is 1. The number of para-hydroxylation sites is 1. The van der Waals surface area contributed by atoms with Crippen LogP contribution in [0.25, 0.3) is 0 Å². The average molecular weight is 310 g/mol. The molecule has 0 N–H and O–H groups in total. The van der Waals surface area contributed by atoms with E-state index in [4.69, 9.17) is 16.3 Å². The number of aromatic nitrogens is 1. The molecule has 4 heteroatoms. The van der Waals surface area contributed by atoms with Crippen molar-refractivity contribution in [2.45, 2.75) is 26.2 Å². The number of hydrogen-bond donors (Lipinski definition) is 0. The maximum absolute atomic E-state index is 6.14. The molecule has 1 heterocycles. The molecule has 1 aromatic carbocycles. The lowest BCUT2D eigenvalue weighted by molar-refractivity contribution is 0.404. The van der Waals surface area contributed by atoms with E-state index in [1.165, 1.54) is 10.4 Å². The summed E-state index contributed by atoms with van der Waals surface area (Å²) < 4.78 is 5.41. The van der Waals surface area contributed by atoms with Crippen LogP contribution >= 0.6 is 22.9 Å². The Labute approximate surface area is 129 Å². The number of nitrogens with zero attached hydrogens (tertiary/aromatic N) is 1. The third-order valence-corrected chi connectivity index (χ3v) is 4.98. The Hall–Kier alpha value is -1.06. The minimum absolute atomic E-state index is 0.467. The Balaban J connectivity index is 1.97. The molecule has 0 spiro atoms. The van der Waals surface area contributed by atoms with Crippen LogP contribution in [0.15, 0.2) is 29.8 Å². The van der Waals surface area contributed by atoms with Crippen molar-refractivity contribution in [1.82, 2.24) is 4.98 Å². The summed E-state index contributed by atoms with van der Waals surface area (Å²) in [5.41, 5.74) is 4.31. The molecule has 108 valence electrons. The zero-order valence-electron chi connectivity index (χ0n) is 11.9. The molecule has 0 radical (unpaired) electrons. The van der Waals surface area contributed by atoms with Gasteiger partial charge in [0.05, 0.1) is 18.3 Å². The van der Waals surface area contributed by atoms with Gasteiger partial charge in [-0.25, -0.2) is 4.98 Å². The van der Waals surface area contributed by atoms with Gasteiger partial charge < -0.3 is 4.74 Å². The van der Waals surface area contributed by atoms with Crippen molar-refractivity contribution in [3.8, 4) is 5.75 Å². The number of rotatable bonds is 7. The van der Waals surface area contributed by atoms with E-state index in [9.17, 15) is 0 Å². The summed E-state index contributed by atoms with van der Waals surface area (Å²) in [5, 5.41) is 0. The Kier molecular flexibility index (Phi) is 5.86. The van der Waals surface area contributed by atoms with Gasteiger partial charge in [0.1, 0.15) is 5.75 Å². The van der Waals surface area contributed by atoms with Gasteiger partial charge in [0.15, 0.2) is 0 Å². The first-order valence-electron chi connectivity index (χ1n) is 6.81. The maximum atomic E-state index is 6.14. The van der Waals surface area contributed by atoms with E-state index < -0.39 is 0 Å². The van der Waals surface area contributed by atoms with Gasteiger partial charge >= 0.3 is 0 Å².